The molecule has 164 valence electrons. The first-order chi connectivity index (χ1) is 14.2. The number of carbonyl (C=O) groups excluding carboxylic acids is 1. The van der Waals surface area contributed by atoms with Gasteiger partial charge in [-0.2, -0.15) is 0 Å². The first-order valence-corrected chi connectivity index (χ1v) is 12.2. The molecule has 0 spiro atoms. The van der Waals surface area contributed by atoms with E-state index in [0.717, 1.165) is 37.9 Å². The summed E-state index contributed by atoms with van der Waals surface area (Å²) in [5, 5.41) is 0. The molecule has 0 N–H and O–H groups in total. The monoisotopic (exact) mass is 402 g/mol. The Hall–Kier alpha value is -1.51. The maximum Gasteiger partial charge on any atom is 0.306 e. The molecule has 1 aliphatic rings. The molecule has 1 fully saturated rings. The van der Waals surface area contributed by atoms with Crippen molar-refractivity contribution in [1.29, 1.82) is 0 Å². The van der Waals surface area contributed by atoms with Gasteiger partial charge in [-0.05, 0) is 50.3 Å². The second-order valence-electron chi connectivity index (χ2n) is 8.50. The van der Waals surface area contributed by atoms with E-state index in [0.29, 0.717) is 18.9 Å². The fourth-order valence-electron chi connectivity index (χ4n) is 4.40. The Morgan fingerprint density at radius 1 is 0.862 bits per heavy atom. The van der Waals surface area contributed by atoms with E-state index in [1.54, 1.807) is 0 Å². The van der Waals surface area contributed by atoms with Crippen LogP contribution in [0.3, 0.4) is 0 Å². The standard InChI is InChI=1S/C26H42O3/c1-3-5-6-7-8-9-10-11-12-17-26(27)29-25-16-14-13-15-24(25)22-18-20-23(21-19-22)28-4-2/h18-21,24-25H,3-17H2,1-2H3. The van der Waals surface area contributed by atoms with Crippen molar-refractivity contribution in [1.82, 2.24) is 0 Å². The lowest BCUT2D eigenvalue weighted by molar-refractivity contribution is -0.151. The molecule has 0 bridgehead atoms. The molecular weight excluding hydrogens is 360 g/mol. The molecule has 2 atom stereocenters. The molecule has 29 heavy (non-hydrogen) atoms. The van der Waals surface area contributed by atoms with Gasteiger partial charge in [0.2, 0.25) is 0 Å². The zero-order valence-electron chi connectivity index (χ0n) is 18.8. The Morgan fingerprint density at radius 2 is 1.48 bits per heavy atom. The maximum atomic E-state index is 12.4. The van der Waals surface area contributed by atoms with Crippen molar-refractivity contribution in [3.05, 3.63) is 29.8 Å². The zero-order valence-corrected chi connectivity index (χ0v) is 18.8. The number of rotatable bonds is 14. The van der Waals surface area contributed by atoms with Crippen molar-refractivity contribution in [2.75, 3.05) is 6.61 Å². The van der Waals surface area contributed by atoms with E-state index in [1.165, 1.54) is 56.9 Å². The molecule has 1 aromatic rings. The van der Waals surface area contributed by atoms with Crippen LogP contribution >= 0.6 is 0 Å². The number of unbranched alkanes of at least 4 members (excludes halogenated alkanes) is 8. The Labute approximate surface area is 178 Å². The van der Waals surface area contributed by atoms with E-state index < -0.39 is 0 Å². The topological polar surface area (TPSA) is 35.5 Å². The Kier molecular flexibility index (Phi) is 11.9. The first-order valence-electron chi connectivity index (χ1n) is 12.2. The van der Waals surface area contributed by atoms with Gasteiger partial charge in [-0.25, -0.2) is 0 Å². The number of hydrogen-bond donors (Lipinski definition) is 0. The normalized spacial score (nSPS) is 19.1. The summed E-state index contributed by atoms with van der Waals surface area (Å²) < 4.78 is 11.5. The summed E-state index contributed by atoms with van der Waals surface area (Å²) in [6, 6.07) is 8.35. The number of ether oxygens (including phenoxy) is 2. The van der Waals surface area contributed by atoms with E-state index in [2.05, 4.69) is 19.1 Å². The van der Waals surface area contributed by atoms with Crippen LogP contribution in [0, 0.1) is 0 Å². The van der Waals surface area contributed by atoms with Gasteiger partial charge in [0.1, 0.15) is 11.9 Å². The lowest BCUT2D eigenvalue weighted by Gasteiger charge is -2.31. The van der Waals surface area contributed by atoms with Gasteiger partial charge in [-0.15, -0.1) is 0 Å². The fourth-order valence-corrected chi connectivity index (χ4v) is 4.40. The number of hydrogen-bond acceptors (Lipinski definition) is 3. The summed E-state index contributed by atoms with van der Waals surface area (Å²) in [5.74, 6) is 1.23. The van der Waals surface area contributed by atoms with Crippen LogP contribution in [-0.2, 0) is 9.53 Å². The average molecular weight is 403 g/mol. The molecule has 1 aromatic carbocycles. The molecule has 3 nitrogen and oxygen atoms in total. The Bertz CT molecular complexity index is 552. The summed E-state index contributed by atoms with van der Waals surface area (Å²) in [6.07, 6.45) is 16.5. The highest BCUT2D eigenvalue weighted by molar-refractivity contribution is 5.69. The largest absolute Gasteiger partial charge is 0.494 e. The quantitative estimate of drug-likeness (QED) is 0.238. The van der Waals surface area contributed by atoms with Gasteiger partial charge in [0.15, 0.2) is 0 Å². The van der Waals surface area contributed by atoms with Crippen LogP contribution in [0.2, 0.25) is 0 Å². The first kappa shape index (κ1) is 23.8. The lowest BCUT2D eigenvalue weighted by Crippen LogP contribution is -2.28. The van der Waals surface area contributed by atoms with E-state index in [4.69, 9.17) is 9.47 Å². The predicted molar refractivity (Wildman–Crippen MR) is 121 cm³/mol. The summed E-state index contributed by atoms with van der Waals surface area (Å²) in [4.78, 5) is 12.4. The molecule has 3 heteroatoms. The van der Waals surface area contributed by atoms with E-state index >= 15 is 0 Å². The van der Waals surface area contributed by atoms with Gasteiger partial charge in [-0.1, -0.05) is 76.8 Å². The molecule has 1 saturated carbocycles. The smallest absolute Gasteiger partial charge is 0.306 e. The lowest BCUT2D eigenvalue weighted by atomic mass is 9.81. The highest BCUT2D eigenvalue weighted by Gasteiger charge is 2.29. The molecular formula is C26H42O3. The van der Waals surface area contributed by atoms with Gasteiger partial charge >= 0.3 is 5.97 Å². The van der Waals surface area contributed by atoms with Crippen molar-refractivity contribution in [3.63, 3.8) is 0 Å². The zero-order chi connectivity index (χ0) is 20.7. The summed E-state index contributed by atoms with van der Waals surface area (Å²) >= 11 is 0. The van der Waals surface area contributed by atoms with E-state index in [-0.39, 0.29) is 12.1 Å². The minimum atomic E-state index is -0.00391. The second-order valence-corrected chi connectivity index (χ2v) is 8.50. The molecule has 0 aromatic heterocycles. The summed E-state index contributed by atoms with van der Waals surface area (Å²) in [7, 11) is 0. The van der Waals surface area contributed by atoms with Gasteiger partial charge in [0.25, 0.3) is 0 Å². The molecule has 2 rings (SSSR count). The molecule has 0 saturated heterocycles. The fraction of sp³-hybridized carbons (Fsp3) is 0.731. The molecule has 0 aliphatic heterocycles. The van der Waals surface area contributed by atoms with Crippen LogP contribution in [-0.4, -0.2) is 18.7 Å². The summed E-state index contributed by atoms with van der Waals surface area (Å²) in [5.41, 5.74) is 1.27. The predicted octanol–water partition coefficient (Wildman–Crippen LogP) is 7.58. The van der Waals surface area contributed by atoms with Crippen LogP contribution < -0.4 is 4.74 Å². The third-order valence-electron chi connectivity index (χ3n) is 6.09. The molecule has 1 aliphatic carbocycles. The van der Waals surface area contributed by atoms with E-state index in [1.807, 2.05) is 19.1 Å². The minimum absolute atomic E-state index is 0.00391. The van der Waals surface area contributed by atoms with Crippen LogP contribution in [0.1, 0.15) is 115 Å². The van der Waals surface area contributed by atoms with Crippen LogP contribution in [0.4, 0.5) is 0 Å². The van der Waals surface area contributed by atoms with Gasteiger partial charge < -0.3 is 9.47 Å². The van der Waals surface area contributed by atoms with Crippen molar-refractivity contribution in [2.24, 2.45) is 0 Å². The van der Waals surface area contributed by atoms with Gasteiger partial charge in [-0.3, -0.25) is 4.79 Å². The average Bonchev–Trinajstić information content (AvgIpc) is 2.74. The highest BCUT2D eigenvalue weighted by atomic mass is 16.5. The van der Waals surface area contributed by atoms with Crippen molar-refractivity contribution < 1.29 is 14.3 Å². The maximum absolute atomic E-state index is 12.4. The van der Waals surface area contributed by atoms with Crippen LogP contribution in [0.15, 0.2) is 24.3 Å². The van der Waals surface area contributed by atoms with Gasteiger partial charge in [0.05, 0.1) is 6.61 Å². The summed E-state index contributed by atoms with van der Waals surface area (Å²) in [6.45, 7) is 4.94. The molecule has 0 radical (unpaired) electrons. The third kappa shape index (κ3) is 9.23. The van der Waals surface area contributed by atoms with Gasteiger partial charge in [0, 0.05) is 12.3 Å². The number of esters is 1. The molecule has 2 unspecified atom stereocenters. The SMILES string of the molecule is CCCCCCCCCCCC(=O)OC1CCCCC1c1ccc(OCC)cc1. The van der Waals surface area contributed by atoms with Crippen molar-refractivity contribution >= 4 is 5.97 Å². The van der Waals surface area contributed by atoms with Crippen molar-refractivity contribution in [2.45, 2.75) is 116 Å². The minimum Gasteiger partial charge on any atom is -0.494 e. The molecule has 0 heterocycles. The third-order valence-corrected chi connectivity index (χ3v) is 6.09. The van der Waals surface area contributed by atoms with Crippen LogP contribution in [0.25, 0.3) is 0 Å². The number of benzene rings is 1. The van der Waals surface area contributed by atoms with Crippen molar-refractivity contribution in [3.8, 4) is 5.75 Å². The second kappa shape index (κ2) is 14.5. The Morgan fingerprint density at radius 3 is 2.14 bits per heavy atom. The van der Waals surface area contributed by atoms with E-state index in [9.17, 15) is 4.79 Å². The molecule has 0 amide bonds. The number of carbonyl (C=O) groups is 1. The Balaban J connectivity index is 1.68. The van der Waals surface area contributed by atoms with Crippen LogP contribution in [0.5, 0.6) is 5.75 Å². The highest BCUT2D eigenvalue weighted by Crippen LogP contribution is 2.36.